The molecule has 0 amide bonds. The van der Waals surface area contributed by atoms with Gasteiger partial charge in [0.2, 0.25) is 0 Å². The van der Waals surface area contributed by atoms with Crippen LogP contribution in [0.5, 0.6) is 0 Å². The van der Waals surface area contributed by atoms with Gasteiger partial charge in [0.1, 0.15) is 0 Å². The Morgan fingerprint density at radius 2 is 1.85 bits per heavy atom. The highest BCUT2D eigenvalue weighted by Crippen LogP contribution is 2.25. The van der Waals surface area contributed by atoms with Crippen molar-refractivity contribution in [3.8, 4) is 12.3 Å². The zero-order chi connectivity index (χ0) is 10.5. The second-order valence-corrected chi connectivity index (χ2v) is 3.59. The van der Waals surface area contributed by atoms with Gasteiger partial charge < -0.3 is 10.2 Å². The van der Waals surface area contributed by atoms with Crippen molar-refractivity contribution in [2.24, 2.45) is 0 Å². The first-order valence-corrected chi connectivity index (χ1v) is 4.89. The van der Waals surface area contributed by atoms with Gasteiger partial charge in [-0.1, -0.05) is 19.8 Å². The maximum absolute atomic E-state index is 5.52. The summed E-state index contributed by atoms with van der Waals surface area (Å²) in [6.45, 7) is 4.37. The van der Waals surface area contributed by atoms with E-state index in [1.54, 1.807) is 0 Å². The van der Waals surface area contributed by atoms with Crippen LogP contribution in [0.15, 0.2) is 0 Å². The third kappa shape index (κ3) is 2.24. The van der Waals surface area contributed by atoms with E-state index >= 15 is 0 Å². The fourth-order valence-electron chi connectivity index (χ4n) is 2.06. The van der Waals surface area contributed by atoms with Gasteiger partial charge >= 0.3 is 0 Å². The summed E-state index contributed by atoms with van der Waals surface area (Å²) < 4.78 is 0. The molecule has 2 nitrogen and oxygen atoms in total. The molecule has 0 aliphatic rings. The van der Waals surface area contributed by atoms with Gasteiger partial charge in [0, 0.05) is 5.54 Å². The standard InChI is InChI=1S/C11H22N2/c1-7-10(12-4)11(8-2,9-3)13(5)6/h1,10,12H,8-9H2,2-6H3. The van der Waals surface area contributed by atoms with Crippen LogP contribution in [0.1, 0.15) is 26.7 Å². The molecule has 0 fully saturated rings. The quantitative estimate of drug-likeness (QED) is 0.645. The Morgan fingerprint density at radius 1 is 1.38 bits per heavy atom. The van der Waals surface area contributed by atoms with Crippen LogP contribution in [-0.4, -0.2) is 37.6 Å². The summed E-state index contributed by atoms with van der Waals surface area (Å²) in [5.41, 5.74) is 0.0868. The first-order valence-electron chi connectivity index (χ1n) is 4.89. The Balaban J connectivity index is 4.85. The molecule has 1 N–H and O–H groups in total. The summed E-state index contributed by atoms with van der Waals surface area (Å²) in [4.78, 5) is 2.23. The summed E-state index contributed by atoms with van der Waals surface area (Å²) in [7, 11) is 6.11. The van der Waals surface area contributed by atoms with Gasteiger partial charge in [0.15, 0.2) is 0 Å². The number of hydrogen-bond acceptors (Lipinski definition) is 2. The highest BCUT2D eigenvalue weighted by Gasteiger charge is 2.35. The van der Waals surface area contributed by atoms with E-state index in [0.29, 0.717) is 0 Å². The average Bonchev–Trinajstić information content (AvgIpc) is 2.13. The van der Waals surface area contributed by atoms with Gasteiger partial charge in [-0.25, -0.2) is 0 Å². The molecule has 0 aromatic carbocycles. The van der Waals surface area contributed by atoms with Gasteiger partial charge in [-0.3, -0.25) is 0 Å². The monoisotopic (exact) mass is 182 g/mol. The molecule has 0 heterocycles. The van der Waals surface area contributed by atoms with E-state index in [1.807, 2.05) is 7.05 Å². The Kier molecular flexibility index (Phi) is 5.05. The van der Waals surface area contributed by atoms with Crippen LogP contribution >= 0.6 is 0 Å². The number of nitrogens with zero attached hydrogens (tertiary/aromatic N) is 1. The molecule has 0 radical (unpaired) electrons. The van der Waals surface area contributed by atoms with E-state index < -0.39 is 0 Å². The molecule has 0 saturated heterocycles. The zero-order valence-corrected chi connectivity index (χ0v) is 9.52. The molecule has 0 bridgehead atoms. The van der Waals surface area contributed by atoms with Crippen LogP contribution in [0.2, 0.25) is 0 Å². The molecular formula is C11H22N2. The Morgan fingerprint density at radius 3 is 1.92 bits per heavy atom. The lowest BCUT2D eigenvalue weighted by Gasteiger charge is -2.42. The van der Waals surface area contributed by atoms with E-state index in [9.17, 15) is 0 Å². The van der Waals surface area contributed by atoms with Gasteiger partial charge in [0.25, 0.3) is 0 Å². The first kappa shape index (κ1) is 12.5. The van der Waals surface area contributed by atoms with Crippen molar-refractivity contribution in [3.63, 3.8) is 0 Å². The second-order valence-electron chi connectivity index (χ2n) is 3.59. The summed E-state index contributed by atoms with van der Waals surface area (Å²) in [6.07, 6.45) is 7.64. The Bertz CT molecular complexity index is 175. The maximum Gasteiger partial charge on any atom is 0.0870 e. The number of terminal acetylenes is 1. The van der Waals surface area contributed by atoms with Crippen LogP contribution in [0.25, 0.3) is 0 Å². The highest BCUT2D eigenvalue weighted by molar-refractivity contribution is 5.12. The van der Waals surface area contributed by atoms with Crippen LogP contribution in [0.4, 0.5) is 0 Å². The first-order chi connectivity index (χ1) is 6.08. The molecule has 76 valence electrons. The largest absolute Gasteiger partial charge is 0.305 e. The molecule has 0 rings (SSSR count). The second kappa shape index (κ2) is 5.26. The highest BCUT2D eigenvalue weighted by atomic mass is 15.2. The summed E-state index contributed by atoms with van der Waals surface area (Å²) in [5, 5.41) is 3.20. The minimum atomic E-state index is 0.0868. The minimum Gasteiger partial charge on any atom is -0.305 e. The molecule has 0 aliphatic carbocycles. The average molecular weight is 182 g/mol. The number of rotatable bonds is 5. The number of nitrogens with one attached hydrogen (secondary N) is 1. The van der Waals surface area contributed by atoms with Crippen molar-refractivity contribution in [3.05, 3.63) is 0 Å². The molecule has 13 heavy (non-hydrogen) atoms. The number of likely N-dealkylation sites (N-methyl/N-ethyl adjacent to an activating group) is 2. The molecule has 0 aromatic heterocycles. The summed E-state index contributed by atoms with van der Waals surface area (Å²) in [5.74, 6) is 2.82. The van der Waals surface area contributed by atoms with E-state index in [2.05, 4.69) is 44.1 Å². The molecule has 0 spiro atoms. The van der Waals surface area contributed by atoms with E-state index in [0.717, 1.165) is 12.8 Å². The molecule has 0 aliphatic heterocycles. The van der Waals surface area contributed by atoms with Crippen molar-refractivity contribution >= 4 is 0 Å². The van der Waals surface area contributed by atoms with Crippen LogP contribution in [0.3, 0.4) is 0 Å². The SMILES string of the molecule is C#CC(NC)C(CC)(CC)N(C)C. The number of hydrogen-bond donors (Lipinski definition) is 1. The maximum atomic E-state index is 5.52. The van der Waals surface area contributed by atoms with Gasteiger partial charge in [-0.05, 0) is 34.0 Å². The lowest BCUT2D eigenvalue weighted by atomic mass is 9.83. The lowest BCUT2D eigenvalue weighted by molar-refractivity contribution is 0.114. The fourth-order valence-corrected chi connectivity index (χ4v) is 2.06. The lowest BCUT2D eigenvalue weighted by Crippen LogP contribution is -2.57. The van der Waals surface area contributed by atoms with Crippen molar-refractivity contribution in [1.82, 2.24) is 10.2 Å². The summed E-state index contributed by atoms with van der Waals surface area (Å²) >= 11 is 0. The molecular weight excluding hydrogens is 160 g/mol. The third-order valence-electron chi connectivity index (χ3n) is 3.11. The van der Waals surface area contributed by atoms with E-state index in [-0.39, 0.29) is 11.6 Å². The van der Waals surface area contributed by atoms with E-state index in [4.69, 9.17) is 6.42 Å². The Hall–Kier alpha value is -0.520. The molecule has 2 heteroatoms. The van der Waals surface area contributed by atoms with Gasteiger partial charge in [-0.2, -0.15) is 0 Å². The molecule has 0 saturated carbocycles. The molecule has 0 aromatic rings. The fraction of sp³-hybridized carbons (Fsp3) is 0.818. The smallest absolute Gasteiger partial charge is 0.0870 e. The summed E-state index contributed by atoms with van der Waals surface area (Å²) in [6, 6.07) is 0.123. The molecule has 1 atom stereocenters. The van der Waals surface area contributed by atoms with Crippen molar-refractivity contribution in [1.29, 1.82) is 0 Å². The zero-order valence-electron chi connectivity index (χ0n) is 9.52. The minimum absolute atomic E-state index is 0.0868. The predicted octanol–water partition coefficient (Wildman–Crippen LogP) is 1.33. The van der Waals surface area contributed by atoms with Crippen molar-refractivity contribution in [2.75, 3.05) is 21.1 Å². The Labute approximate surface area is 82.7 Å². The van der Waals surface area contributed by atoms with Crippen LogP contribution < -0.4 is 5.32 Å². The topological polar surface area (TPSA) is 15.3 Å². The van der Waals surface area contributed by atoms with Crippen molar-refractivity contribution in [2.45, 2.75) is 38.3 Å². The van der Waals surface area contributed by atoms with Crippen LogP contribution in [-0.2, 0) is 0 Å². The van der Waals surface area contributed by atoms with E-state index in [1.165, 1.54) is 0 Å². The van der Waals surface area contributed by atoms with Gasteiger partial charge in [0.05, 0.1) is 6.04 Å². The van der Waals surface area contributed by atoms with Crippen molar-refractivity contribution < 1.29 is 0 Å². The van der Waals surface area contributed by atoms with Gasteiger partial charge in [-0.15, -0.1) is 6.42 Å². The van der Waals surface area contributed by atoms with Crippen LogP contribution in [0, 0.1) is 12.3 Å². The predicted molar refractivity (Wildman–Crippen MR) is 58.7 cm³/mol. The third-order valence-corrected chi connectivity index (χ3v) is 3.11. The normalized spacial score (nSPS) is 14.2. The molecule has 1 unspecified atom stereocenters.